The maximum atomic E-state index is 11.6. The first kappa shape index (κ1) is 8.77. The molecule has 2 heterocycles. The van der Waals surface area contributed by atoms with Gasteiger partial charge in [0.05, 0.1) is 0 Å². The zero-order chi connectivity index (χ0) is 10.6. The van der Waals surface area contributed by atoms with Crippen LogP contribution in [0.5, 0.6) is 0 Å². The molecule has 0 N–H and O–H groups in total. The average molecular weight is 202 g/mol. The molecule has 2 atom stereocenters. The second kappa shape index (κ2) is 2.75. The summed E-state index contributed by atoms with van der Waals surface area (Å²) >= 11 is 0. The van der Waals surface area contributed by atoms with Gasteiger partial charge in [0.15, 0.2) is 0 Å². The van der Waals surface area contributed by atoms with Crippen molar-refractivity contribution in [1.29, 1.82) is 0 Å². The molecule has 1 aromatic rings. The van der Waals surface area contributed by atoms with Gasteiger partial charge in [-0.25, -0.2) is 0 Å². The van der Waals surface area contributed by atoms with Crippen molar-refractivity contribution in [3.8, 4) is 0 Å². The summed E-state index contributed by atoms with van der Waals surface area (Å²) in [5.41, 5.74) is 2.59. The summed E-state index contributed by atoms with van der Waals surface area (Å²) < 4.78 is 0. The van der Waals surface area contributed by atoms with Crippen LogP contribution in [-0.4, -0.2) is 31.1 Å². The Labute approximate surface area is 89.3 Å². The van der Waals surface area contributed by atoms with Gasteiger partial charge in [0.25, 0.3) is 0 Å². The van der Waals surface area contributed by atoms with Crippen LogP contribution in [0.25, 0.3) is 0 Å². The Kier molecular flexibility index (Phi) is 1.61. The smallest absolute Gasteiger partial charge is 0.224 e. The monoisotopic (exact) mass is 202 g/mol. The minimum absolute atomic E-state index is 0.231. The molecule has 1 amide bonds. The number of benzene rings is 1. The van der Waals surface area contributed by atoms with E-state index in [1.54, 1.807) is 0 Å². The third kappa shape index (κ3) is 0.978. The van der Waals surface area contributed by atoms with Gasteiger partial charge in [0.2, 0.25) is 5.91 Å². The van der Waals surface area contributed by atoms with Crippen molar-refractivity contribution < 1.29 is 4.79 Å². The summed E-state index contributed by atoms with van der Waals surface area (Å²) in [4.78, 5) is 15.7. The number of nitrogens with zero attached hydrogens (tertiary/aromatic N) is 2. The minimum Gasteiger partial charge on any atom is -0.353 e. The van der Waals surface area contributed by atoms with Gasteiger partial charge in [0.1, 0.15) is 6.17 Å². The Bertz CT molecular complexity index is 429. The highest BCUT2D eigenvalue weighted by Gasteiger charge is 2.46. The van der Waals surface area contributed by atoms with Crippen molar-refractivity contribution in [3.05, 3.63) is 29.8 Å². The molecule has 2 aliphatic heterocycles. The first-order chi connectivity index (χ1) is 7.20. The molecule has 3 heteroatoms. The molecular weight excluding hydrogens is 188 g/mol. The van der Waals surface area contributed by atoms with Gasteiger partial charge in [0, 0.05) is 32.1 Å². The molecule has 0 spiro atoms. The van der Waals surface area contributed by atoms with Crippen LogP contribution in [0.15, 0.2) is 24.3 Å². The van der Waals surface area contributed by atoms with Crippen LogP contribution in [0.1, 0.15) is 17.9 Å². The Hall–Kier alpha value is -1.51. The number of carbonyl (C=O) groups excluding carboxylic acids is 1. The number of hydrogen-bond donors (Lipinski definition) is 0. The van der Waals surface area contributed by atoms with E-state index in [0.29, 0.717) is 12.3 Å². The van der Waals surface area contributed by atoms with Crippen LogP contribution in [0.3, 0.4) is 0 Å². The fourth-order valence-corrected chi connectivity index (χ4v) is 2.92. The van der Waals surface area contributed by atoms with Crippen LogP contribution >= 0.6 is 0 Å². The summed E-state index contributed by atoms with van der Waals surface area (Å²) in [5.74, 6) is 0.620. The van der Waals surface area contributed by atoms with Crippen molar-refractivity contribution in [1.82, 2.24) is 4.90 Å². The fourth-order valence-electron chi connectivity index (χ4n) is 2.92. The number of para-hydroxylation sites is 1. The molecule has 0 saturated carbocycles. The van der Waals surface area contributed by atoms with Gasteiger partial charge in [-0.2, -0.15) is 0 Å². The summed E-state index contributed by atoms with van der Waals surface area (Å²) in [7, 11) is 3.97. The van der Waals surface area contributed by atoms with Crippen LogP contribution in [-0.2, 0) is 4.79 Å². The number of anilines is 1. The summed E-state index contributed by atoms with van der Waals surface area (Å²) in [5, 5.41) is 0. The molecular formula is C12H14N2O. The largest absolute Gasteiger partial charge is 0.353 e. The SMILES string of the molecule is CN1C(=O)C[C@@H]2c3ccccc3N(C)[C@@H]21. The quantitative estimate of drug-likeness (QED) is 0.635. The lowest BCUT2D eigenvalue weighted by Gasteiger charge is -2.28. The van der Waals surface area contributed by atoms with Gasteiger partial charge >= 0.3 is 0 Å². The molecule has 3 nitrogen and oxygen atoms in total. The summed E-state index contributed by atoms with van der Waals surface area (Å²) in [6, 6.07) is 8.38. The average Bonchev–Trinajstić information content (AvgIpc) is 2.68. The number of amides is 1. The number of likely N-dealkylation sites (tertiary alicyclic amines) is 1. The van der Waals surface area contributed by atoms with Crippen molar-refractivity contribution in [2.45, 2.75) is 18.5 Å². The molecule has 0 aromatic heterocycles. The maximum absolute atomic E-state index is 11.6. The minimum atomic E-state index is 0.231. The number of likely N-dealkylation sites (N-methyl/N-ethyl adjacent to an activating group) is 2. The first-order valence-corrected chi connectivity index (χ1v) is 5.27. The molecule has 0 aliphatic carbocycles. The number of rotatable bonds is 0. The highest BCUT2D eigenvalue weighted by atomic mass is 16.2. The lowest BCUT2D eigenvalue weighted by molar-refractivity contribution is -0.127. The van der Waals surface area contributed by atoms with E-state index in [2.05, 4.69) is 36.2 Å². The van der Waals surface area contributed by atoms with Crippen molar-refractivity contribution in [2.24, 2.45) is 0 Å². The molecule has 1 saturated heterocycles. The van der Waals surface area contributed by atoms with E-state index in [1.807, 2.05) is 11.9 Å². The van der Waals surface area contributed by atoms with E-state index < -0.39 is 0 Å². The highest BCUT2D eigenvalue weighted by molar-refractivity contribution is 5.83. The Balaban J connectivity index is 2.12. The van der Waals surface area contributed by atoms with E-state index in [1.165, 1.54) is 11.3 Å². The number of carbonyl (C=O) groups is 1. The third-order valence-corrected chi connectivity index (χ3v) is 3.66. The maximum Gasteiger partial charge on any atom is 0.224 e. The molecule has 1 fully saturated rings. The Morgan fingerprint density at radius 3 is 2.73 bits per heavy atom. The molecule has 2 aliphatic rings. The van der Waals surface area contributed by atoms with E-state index in [4.69, 9.17) is 0 Å². The fraction of sp³-hybridized carbons (Fsp3) is 0.417. The zero-order valence-electron chi connectivity index (χ0n) is 8.97. The van der Waals surface area contributed by atoms with Gasteiger partial charge in [-0.3, -0.25) is 4.79 Å². The van der Waals surface area contributed by atoms with Gasteiger partial charge < -0.3 is 9.80 Å². The van der Waals surface area contributed by atoms with Gasteiger partial charge in [-0.1, -0.05) is 18.2 Å². The normalized spacial score (nSPS) is 28.3. The molecule has 3 rings (SSSR count). The van der Waals surface area contributed by atoms with Crippen molar-refractivity contribution >= 4 is 11.6 Å². The number of hydrogen-bond acceptors (Lipinski definition) is 2. The van der Waals surface area contributed by atoms with Crippen LogP contribution in [0.4, 0.5) is 5.69 Å². The van der Waals surface area contributed by atoms with E-state index in [9.17, 15) is 4.79 Å². The van der Waals surface area contributed by atoms with Crippen LogP contribution in [0, 0.1) is 0 Å². The van der Waals surface area contributed by atoms with Gasteiger partial charge in [-0.05, 0) is 11.6 Å². The summed E-state index contributed by atoms with van der Waals surface area (Å²) in [6.45, 7) is 0. The topological polar surface area (TPSA) is 23.6 Å². The summed E-state index contributed by atoms with van der Waals surface area (Å²) in [6.07, 6.45) is 0.887. The van der Waals surface area contributed by atoms with E-state index >= 15 is 0 Å². The molecule has 0 bridgehead atoms. The molecule has 0 radical (unpaired) electrons. The van der Waals surface area contributed by atoms with Crippen molar-refractivity contribution in [2.75, 3.05) is 19.0 Å². The zero-order valence-corrected chi connectivity index (χ0v) is 8.97. The predicted molar refractivity (Wildman–Crippen MR) is 58.8 cm³/mol. The molecule has 0 unspecified atom stereocenters. The Morgan fingerprint density at radius 2 is 1.93 bits per heavy atom. The lowest BCUT2D eigenvalue weighted by atomic mass is 9.98. The lowest BCUT2D eigenvalue weighted by Crippen LogP contribution is -2.41. The van der Waals surface area contributed by atoms with E-state index in [0.717, 1.165) is 0 Å². The number of fused-ring (bicyclic) bond motifs is 3. The first-order valence-electron chi connectivity index (χ1n) is 5.27. The second-order valence-corrected chi connectivity index (χ2v) is 4.40. The second-order valence-electron chi connectivity index (χ2n) is 4.40. The van der Waals surface area contributed by atoms with Crippen LogP contribution < -0.4 is 4.90 Å². The van der Waals surface area contributed by atoms with Crippen LogP contribution in [0.2, 0.25) is 0 Å². The molecule has 15 heavy (non-hydrogen) atoms. The molecule has 78 valence electrons. The Morgan fingerprint density at radius 1 is 1.20 bits per heavy atom. The predicted octanol–water partition coefficient (Wildman–Crippen LogP) is 1.41. The van der Waals surface area contributed by atoms with E-state index in [-0.39, 0.29) is 12.1 Å². The highest BCUT2D eigenvalue weighted by Crippen LogP contribution is 2.46. The standard InChI is InChI=1S/C12H14N2O/c1-13-10-6-4-3-5-8(10)9-7-11(15)14(2)12(9)13/h3-6,9,12H,7H2,1-2H3/t9-,12-/m1/s1. The molecule has 1 aromatic carbocycles. The van der Waals surface area contributed by atoms with Crippen molar-refractivity contribution in [3.63, 3.8) is 0 Å². The third-order valence-electron chi connectivity index (χ3n) is 3.66. The van der Waals surface area contributed by atoms with Gasteiger partial charge in [-0.15, -0.1) is 0 Å².